The molecule has 1 N–H and O–H groups in total. The first-order valence-electron chi connectivity index (χ1n) is 12.1. The Kier molecular flexibility index (Phi) is 7.51. The Balaban J connectivity index is 1.83. The predicted octanol–water partition coefficient (Wildman–Crippen LogP) is 5.17. The second-order valence-corrected chi connectivity index (χ2v) is 15.2. The van der Waals surface area contributed by atoms with Crippen LogP contribution in [0.5, 0.6) is 0 Å². The average molecular weight is 513 g/mol. The summed E-state index contributed by atoms with van der Waals surface area (Å²) >= 11 is 6.58. The molecular weight excluding hydrogens is 479 g/mol. The van der Waals surface area contributed by atoms with Crippen LogP contribution in [0.25, 0.3) is 0 Å². The van der Waals surface area contributed by atoms with Gasteiger partial charge in [0.2, 0.25) is 0 Å². The average Bonchev–Trinajstić information content (AvgIpc) is 2.82. The first kappa shape index (κ1) is 26.0. The normalized spacial score (nSPS) is 21.2. The quantitative estimate of drug-likeness (QED) is 0.462. The van der Waals surface area contributed by atoms with Crippen LogP contribution in [-0.2, 0) is 21.4 Å². The van der Waals surface area contributed by atoms with Gasteiger partial charge in [0, 0.05) is 18.7 Å². The molecule has 1 fully saturated rings. The van der Waals surface area contributed by atoms with Gasteiger partial charge in [-0.05, 0) is 29.3 Å². The van der Waals surface area contributed by atoms with Gasteiger partial charge in [0.1, 0.15) is 5.60 Å². The monoisotopic (exact) mass is 512 g/mol. The minimum atomic E-state index is -2.81. The number of hydrogen-bond acceptors (Lipinski definition) is 4. The van der Waals surface area contributed by atoms with Crippen LogP contribution in [0.4, 0.5) is 4.39 Å². The Bertz CT molecular complexity index is 1120. The van der Waals surface area contributed by atoms with Crippen molar-refractivity contribution in [3.8, 4) is 0 Å². The summed E-state index contributed by atoms with van der Waals surface area (Å²) in [6, 6.07) is 20.8. The summed E-state index contributed by atoms with van der Waals surface area (Å²) in [7, 11) is -2.81. The van der Waals surface area contributed by atoms with Crippen LogP contribution in [0, 0.1) is 5.82 Å². The zero-order valence-electron chi connectivity index (χ0n) is 21.1. The van der Waals surface area contributed by atoms with E-state index in [0.717, 1.165) is 6.54 Å². The molecule has 7 heteroatoms. The zero-order valence-corrected chi connectivity index (χ0v) is 22.8. The van der Waals surface area contributed by atoms with Crippen molar-refractivity contribution in [1.29, 1.82) is 0 Å². The minimum absolute atomic E-state index is 0.0412. The number of nitrogens with zero attached hydrogens (tertiary/aromatic N) is 1. The third-order valence-corrected chi connectivity index (χ3v) is 12.1. The van der Waals surface area contributed by atoms with Gasteiger partial charge in [-0.3, -0.25) is 4.98 Å². The van der Waals surface area contributed by atoms with E-state index in [9.17, 15) is 4.39 Å². The lowest BCUT2D eigenvalue weighted by molar-refractivity contribution is -0.103. The summed E-state index contributed by atoms with van der Waals surface area (Å²) in [6.45, 7) is 12.0. The summed E-state index contributed by atoms with van der Waals surface area (Å²) in [6.07, 6.45) is 1.14. The van der Waals surface area contributed by atoms with E-state index in [0.29, 0.717) is 17.8 Å². The molecule has 2 unspecified atom stereocenters. The number of nitrogens with one attached hydrogen (secondary N) is 1. The van der Waals surface area contributed by atoms with Gasteiger partial charge in [-0.1, -0.05) is 93.0 Å². The van der Waals surface area contributed by atoms with Crippen molar-refractivity contribution < 1.29 is 13.6 Å². The van der Waals surface area contributed by atoms with E-state index < -0.39 is 19.7 Å². The fourth-order valence-corrected chi connectivity index (χ4v) is 10.1. The summed E-state index contributed by atoms with van der Waals surface area (Å²) < 4.78 is 28.0. The number of rotatable bonds is 6. The van der Waals surface area contributed by atoms with Crippen molar-refractivity contribution in [3.63, 3.8) is 0 Å². The van der Waals surface area contributed by atoms with Crippen LogP contribution in [0.15, 0.2) is 66.9 Å². The third kappa shape index (κ3) is 4.95. The Morgan fingerprint density at radius 2 is 1.69 bits per heavy atom. The molecule has 0 saturated carbocycles. The van der Waals surface area contributed by atoms with Crippen LogP contribution < -0.4 is 15.7 Å². The van der Waals surface area contributed by atoms with Gasteiger partial charge < -0.3 is 14.5 Å². The number of benzene rings is 2. The SMILES string of the molecule is CC1CNCC(C)(c2c(CO[Si](c3ccccc3)(c3ccccc3)C(C)(C)C)ncc(F)c2Cl)O1. The smallest absolute Gasteiger partial charge is 0.261 e. The van der Waals surface area contributed by atoms with E-state index >= 15 is 0 Å². The third-order valence-electron chi connectivity index (χ3n) is 6.78. The number of aromatic nitrogens is 1. The highest BCUT2D eigenvalue weighted by atomic mass is 35.5. The number of morpholine rings is 1. The Morgan fingerprint density at radius 3 is 2.20 bits per heavy atom. The molecule has 1 aliphatic heterocycles. The maximum Gasteiger partial charge on any atom is 0.261 e. The first-order valence-corrected chi connectivity index (χ1v) is 14.3. The molecule has 2 heterocycles. The molecule has 0 amide bonds. The van der Waals surface area contributed by atoms with Gasteiger partial charge >= 0.3 is 0 Å². The Hall–Kier alpha value is -2.09. The van der Waals surface area contributed by atoms with E-state index in [1.54, 1.807) is 0 Å². The van der Waals surface area contributed by atoms with Crippen LogP contribution >= 0.6 is 11.6 Å². The van der Waals surface area contributed by atoms with Crippen molar-refractivity contribution in [3.05, 3.63) is 89.0 Å². The van der Waals surface area contributed by atoms with Crippen molar-refractivity contribution >= 4 is 30.3 Å². The Labute approximate surface area is 214 Å². The number of hydrogen-bond donors (Lipinski definition) is 1. The Morgan fingerprint density at radius 1 is 1.11 bits per heavy atom. The van der Waals surface area contributed by atoms with Crippen molar-refractivity contribution in [1.82, 2.24) is 10.3 Å². The number of pyridine rings is 1. The molecule has 2 atom stereocenters. The fraction of sp³-hybridized carbons (Fsp3) is 0.393. The molecule has 4 rings (SSSR count). The summed E-state index contributed by atoms with van der Waals surface area (Å²) in [5.74, 6) is -0.557. The molecule has 1 saturated heterocycles. The van der Waals surface area contributed by atoms with E-state index in [2.05, 4.69) is 79.6 Å². The highest BCUT2D eigenvalue weighted by Crippen LogP contribution is 2.40. The molecule has 0 radical (unpaired) electrons. The molecule has 2 aromatic carbocycles. The van der Waals surface area contributed by atoms with Gasteiger partial charge in [-0.15, -0.1) is 0 Å². The van der Waals surface area contributed by atoms with Crippen molar-refractivity contribution in [2.45, 2.75) is 58.0 Å². The maximum absolute atomic E-state index is 14.7. The summed E-state index contributed by atoms with van der Waals surface area (Å²) in [4.78, 5) is 4.49. The molecule has 1 aliphatic rings. The summed E-state index contributed by atoms with van der Waals surface area (Å²) in [5.41, 5.74) is 0.326. The lowest BCUT2D eigenvalue weighted by Gasteiger charge is -2.43. The minimum Gasteiger partial charge on any atom is -0.401 e. The standard InChI is InChI=1S/C28H34ClFN2O2Si/c1-20-16-31-19-28(5,34-20)25-24(32-17-23(30)26(25)29)18-33-35(27(2,3)4,21-12-8-6-9-13-21)22-14-10-7-11-15-22/h6-15,17,20,31H,16,18-19H2,1-5H3. The fourth-order valence-electron chi connectivity index (χ4n) is 5.28. The van der Waals surface area contributed by atoms with Crippen LogP contribution in [0.1, 0.15) is 45.9 Å². The second kappa shape index (κ2) is 10.1. The molecule has 35 heavy (non-hydrogen) atoms. The molecule has 186 valence electrons. The largest absolute Gasteiger partial charge is 0.401 e. The van der Waals surface area contributed by atoms with E-state index in [1.807, 2.05) is 26.0 Å². The molecular formula is C28H34ClFN2O2Si. The van der Waals surface area contributed by atoms with E-state index in [1.165, 1.54) is 16.6 Å². The van der Waals surface area contributed by atoms with Gasteiger partial charge in [0.05, 0.1) is 29.6 Å². The summed E-state index contributed by atoms with van der Waals surface area (Å²) in [5, 5.41) is 5.57. The van der Waals surface area contributed by atoms with E-state index in [-0.39, 0.29) is 22.8 Å². The zero-order chi connectivity index (χ0) is 25.3. The van der Waals surface area contributed by atoms with Crippen molar-refractivity contribution in [2.24, 2.45) is 0 Å². The topological polar surface area (TPSA) is 43.4 Å². The maximum atomic E-state index is 14.7. The lowest BCUT2D eigenvalue weighted by atomic mass is 9.92. The predicted molar refractivity (Wildman–Crippen MR) is 142 cm³/mol. The van der Waals surface area contributed by atoms with Crippen LogP contribution in [0.2, 0.25) is 10.1 Å². The number of halogens is 2. The lowest BCUT2D eigenvalue weighted by Crippen LogP contribution is -2.66. The molecule has 3 aromatic rings. The van der Waals surface area contributed by atoms with Crippen LogP contribution in [0.3, 0.4) is 0 Å². The second-order valence-electron chi connectivity index (χ2n) is 10.5. The van der Waals surface area contributed by atoms with Gasteiger partial charge in [-0.25, -0.2) is 4.39 Å². The van der Waals surface area contributed by atoms with Gasteiger partial charge in [-0.2, -0.15) is 0 Å². The molecule has 0 aliphatic carbocycles. The van der Waals surface area contributed by atoms with Crippen LogP contribution in [-0.4, -0.2) is 32.5 Å². The highest BCUT2D eigenvalue weighted by molar-refractivity contribution is 6.99. The number of ether oxygens (including phenoxy) is 1. The highest BCUT2D eigenvalue weighted by Gasteiger charge is 2.50. The molecule has 0 spiro atoms. The first-order chi connectivity index (χ1) is 16.6. The van der Waals surface area contributed by atoms with E-state index in [4.69, 9.17) is 20.8 Å². The molecule has 1 aromatic heterocycles. The molecule has 0 bridgehead atoms. The van der Waals surface area contributed by atoms with Gasteiger partial charge in [0.15, 0.2) is 5.82 Å². The molecule has 4 nitrogen and oxygen atoms in total. The van der Waals surface area contributed by atoms with Crippen molar-refractivity contribution in [2.75, 3.05) is 13.1 Å². The van der Waals surface area contributed by atoms with Gasteiger partial charge in [0.25, 0.3) is 8.32 Å².